The van der Waals surface area contributed by atoms with Crippen LogP contribution < -0.4 is 5.32 Å². The van der Waals surface area contributed by atoms with E-state index in [-0.39, 0.29) is 11.8 Å². The van der Waals surface area contributed by atoms with Crippen molar-refractivity contribution in [2.75, 3.05) is 5.32 Å². The van der Waals surface area contributed by atoms with E-state index in [9.17, 15) is 9.59 Å². The normalized spacial score (nSPS) is 21.3. The number of aromatic nitrogens is 1. The highest BCUT2D eigenvalue weighted by Gasteiger charge is 2.33. The molecule has 1 aliphatic rings. The van der Waals surface area contributed by atoms with Gasteiger partial charge in [0.2, 0.25) is 5.91 Å². The van der Waals surface area contributed by atoms with E-state index in [0.717, 1.165) is 10.9 Å². The topological polar surface area (TPSA) is 79.3 Å². The molecule has 1 heterocycles. The maximum Gasteiger partial charge on any atom is 0.306 e. The zero-order chi connectivity index (χ0) is 14.8. The molecule has 5 heteroatoms. The lowest BCUT2D eigenvalue weighted by molar-refractivity contribution is -0.141. The minimum atomic E-state index is -0.811. The number of pyridine rings is 1. The van der Waals surface area contributed by atoms with Gasteiger partial charge in [-0.2, -0.15) is 0 Å². The van der Waals surface area contributed by atoms with Crippen LogP contribution in [0.4, 0.5) is 5.82 Å². The standard InChI is InChI=1S/C16H16N2O3/c19-15(11-5-6-12(9-11)16(20)21)18-14-8-7-10-3-1-2-4-13(10)17-14/h1-4,7-8,11-12H,5-6,9H2,(H,20,21)(H,17,18,19). The Bertz CT molecular complexity index is 699. The Morgan fingerprint density at radius 2 is 1.86 bits per heavy atom. The Kier molecular flexibility index (Phi) is 3.56. The molecule has 1 saturated carbocycles. The lowest BCUT2D eigenvalue weighted by Crippen LogP contribution is -2.22. The third kappa shape index (κ3) is 2.86. The minimum Gasteiger partial charge on any atom is -0.481 e. The van der Waals surface area contributed by atoms with Crippen molar-refractivity contribution >= 4 is 28.6 Å². The van der Waals surface area contributed by atoms with E-state index in [2.05, 4.69) is 10.3 Å². The molecule has 0 aliphatic heterocycles. The number of aliphatic carboxylic acids is 1. The van der Waals surface area contributed by atoms with Gasteiger partial charge in [-0.3, -0.25) is 9.59 Å². The number of amides is 1. The summed E-state index contributed by atoms with van der Waals surface area (Å²) in [6.45, 7) is 0. The molecular formula is C16H16N2O3. The van der Waals surface area contributed by atoms with Crippen LogP contribution in [0.2, 0.25) is 0 Å². The fourth-order valence-electron chi connectivity index (χ4n) is 2.81. The SMILES string of the molecule is O=C(O)C1CCC(C(=O)Nc2ccc3ccccc3n2)C1. The zero-order valence-electron chi connectivity index (χ0n) is 11.5. The van der Waals surface area contributed by atoms with E-state index < -0.39 is 11.9 Å². The van der Waals surface area contributed by atoms with Crippen molar-refractivity contribution in [2.45, 2.75) is 19.3 Å². The van der Waals surface area contributed by atoms with Gasteiger partial charge in [0.15, 0.2) is 0 Å². The van der Waals surface area contributed by atoms with Gasteiger partial charge < -0.3 is 10.4 Å². The van der Waals surface area contributed by atoms with E-state index in [4.69, 9.17) is 5.11 Å². The molecular weight excluding hydrogens is 268 g/mol. The quantitative estimate of drug-likeness (QED) is 0.908. The molecule has 0 bridgehead atoms. The first-order chi connectivity index (χ1) is 10.1. The van der Waals surface area contributed by atoms with E-state index in [1.807, 2.05) is 30.3 Å². The molecule has 5 nitrogen and oxygen atoms in total. The smallest absolute Gasteiger partial charge is 0.306 e. The third-order valence-corrected chi connectivity index (χ3v) is 4.00. The number of fused-ring (bicyclic) bond motifs is 1. The molecule has 2 unspecified atom stereocenters. The predicted octanol–water partition coefficient (Wildman–Crippen LogP) is 2.67. The largest absolute Gasteiger partial charge is 0.481 e. The minimum absolute atomic E-state index is 0.137. The fourth-order valence-corrected chi connectivity index (χ4v) is 2.81. The molecule has 0 spiro atoms. The summed E-state index contributed by atoms with van der Waals surface area (Å²) < 4.78 is 0. The second-order valence-corrected chi connectivity index (χ2v) is 5.42. The van der Waals surface area contributed by atoms with Crippen molar-refractivity contribution in [2.24, 2.45) is 11.8 Å². The Labute approximate surface area is 122 Å². The second kappa shape index (κ2) is 5.52. The van der Waals surface area contributed by atoms with Crippen molar-refractivity contribution in [1.29, 1.82) is 0 Å². The summed E-state index contributed by atoms with van der Waals surface area (Å²) >= 11 is 0. The Balaban J connectivity index is 1.70. The number of rotatable bonds is 3. The first kappa shape index (κ1) is 13.5. The average molecular weight is 284 g/mol. The molecule has 1 fully saturated rings. The summed E-state index contributed by atoms with van der Waals surface area (Å²) in [5, 5.41) is 12.8. The van der Waals surface area contributed by atoms with Gasteiger partial charge in [0.05, 0.1) is 11.4 Å². The summed E-state index contributed by atoms with van der Waals surface area (Å²) in [7, 11) is 0. The molecule has 1 aliphatic carbocycles. The van der Waals surface area contributed by atoms with Gasteiger partial charge in [0, 0.05) is 11.3 Å². The maximum absolute atomic E-state index is 12.2. The summed E-state index contributed by atoms with van der Waals surface area (Å²) in [6, 6.07) is 11.4. The number of carboxylic acid groups (broad SMARTS) is 1. The van der Waals surface area contributed by atoms with E-state index in [0.29, 0.717) is 25.1 Å². The first-order valence-corrected chi connectivity index (χ1v) is 7.03. The van der Waals surface area contributed by atoms with Gasteiger partial charge >= 0.3 is 5.97 Å². The molecule has 0 saturated heterocycles. The van der Waals surface area contributed by atoms with Gasteiger partial charge in [-0.05, 0) is 37.5 Å². The highest BCUT2D eigenvalue weighted by Crippen LogP contribution is 2.31. The van der Waals surface area contributed by atoms with E-state index in [1.165, 1.54) is 0 Å². The van der Waals surface area contributed by atoms with Gasteiger partial charge in [-0.25, -0.2) is 4.98 Å². The number of carboxylic acids is 1. The highest BCUT2D eigenvalue weighted by molar-refractivity contribution is 5.93. The van der Waals surface area contributed by atoms with Crippen molar-refractivity contribution in [3.63, 3.8) is 0 Å². The highest BCUT2D eigenvalue weighted by atomic mass is 16.4. The number of carbonyl (C=O) groups excluding carboxylic acids is 1. The summed E-state index contributed by atoms with van der Waals surface area (Å²) in [4.78, 5) is 27.5. The van der Waals surface area contributed by atoms with E-state index in [1.54, 1.807) is 6.07 Å². The molecule has 1 aromatic carbocycles. The van der Waals surface area contributed by atoms with Crippen molar-refractivity contribution in [3.8, 4) is 0 Å². The molecule has 1 amide bonds. The van der Waals surface area contributed by atoms with Gasteiger partial charge in [-0.1, -0.05) is 18.2 Å². The van der Waals surface area contributed by atoms with Crippen LogP contribution in [-0.4, -0.2) is 22.0 Å². The molecule has 21 heavy (non-hydrogen) atoms. The van der Waals surface area contributed by atoms with Crippen molar-refractivity contribution in [3.05, 3.63) is 36.4 Å². The number of anilines is 1. The molecule has 2 atom stereocenters. The number of benzene rings is 1. The number of nitrogens with one attached hydrogen (secondary N) is 1. The fraction of sp³-hybridized carbons (Fsp3) is 0.312. The van der Waals surface area contributed by atoms with Crippen LogP contribution >= 0.6 is 0 Å². The van der Waals surface area contributed by atoms with Gasteiger partial charge in [0.1, 0.15) is 5.82 Å². The Morgan fingerprint density at radius 3 is 2.62 bits per heavy atom. The molecule has 2 N–H and O–H groups in total. The van der Waals surface area contributed by atoms with Gasteiger partial charge in [-0.15, -0.1) is 0 Å². The van der Waals surface area contributed by atoms with E-state index >= 15 is 0 Å². The van der Waals surface area contributed by atoms with Gasteiger partial charge in [0.25, 0.3) is 0 Å². The van der Waals surface area contributed by atoms with Crippen LogP contribution in [0.25, 0.3) is 10.9 Å². The van der Waals surface area contributed by atoms with Crippen LogP contribution in [0.1, 0.15) is 19.3 Å². The zero-order valence-corrected chi connectivity index (χ0v) is 11.5. The molecule has 2 aromatic rings. The first-order valence-electron chi connectivity index (χ1n) is 7.03. The molecule has 0 radical (unpaired) electrons. The van der Waals surface area contributed by atoms with Crippen LogP contribution in [0, 0.1) is 11.8 Å². The lowest BCUT2D eigenvalue weighted by Gasteiger charge is -2.10. The number of carbonyl (C=O) groups is 2. The summed E-state index contributed by atoms with van der Waals surface area (Å²) in [5.74, 6) is -1.07. The van der Waals surface area contributed by atoms with Crippen molar-refractivity contribution in [1.82, 2.24) is 4.98 Å². The number of hydrogen-bond donors (Lipinski definition) is 2. The van der Waals surface area contributed by atoms with Crippen LogP contribution in [-0.2, 0) is 9.59 Å². The lowest BCUT2D eigenvalue weighted by atomic mass is 10.0. The van der Waals surface area contributed by atoms with Crippen molar-refractivity contribution < 1.29 is 14.7 Å². The van der Waals surface area contributed by atoms with Crippen LogP contribution in [0.3, 0.4) is 0 Å². The third-order valence-electron chi connectivity index (χ3n) is 4.00. The number of nitrogens with zero attached hydrogens (tertiary/aromatic N) is 1. The molecule has 3 rings (SSSR count). The number of hydrogen-bond acceptors (Lipinski definition) is 3. The Hall–Kier alpha value is -2.43. The second-order valence-electron chi connectivity index (χ2n) is 5.42. The van der Waals surface area contributed by atoms with Crippen LogP contribution in [0.5, 0.6) is 0 Å². The molecule has 1 aromatic heterocycles. The van der Waals surface area contributed by atoms with Crippen LogP contribution in [0.15, 0.2) is 36.4 Å². The monoisotopic (exact) mass is 284 g/mol. The molecule has 108 valence electrons. The maximum atomic E-state index is 12.2. The Morgan fingerprint density at radius 1 is 1.10 bits per heavy atom. The average Bonchev–Trinajstić information content (AvgIpc) is 2.97. The number of para-hydroxylation sites is 1. The summed E-state index contributed by atoms with van der Waals surface area (Å²) in [6.07, 6.45) is 1.60. The predicted molar refractivity (Wildman–Crippen MR) is 78.8 cm³/mol. The summed E-state index contributed by atoms with van der Waals surface area (Å²) in [5.41, 5.74) is 0.824.